The summed E-state index contributed by atoms with van der Waals surface area (Å²) in [5, 5.41) is -9.24. The van der Waals surface area contributed by atoms with Crippen LogP contribution in [0.3, 0.4) is 0 Å². The van der Waals surface area contributed by atoms with Crippen LogP contribution in [0.25, 0.3) is 198 Å². The molecule has 20 aromatic rings. The molecule has 101 heavy (non-hydrogen) atoms. The first-order valence-corrected chi connectivity index (χ1v) is 30.4. The highest BCUT2D eigenvalue weighted by molar-refractivity contribution is 6.24. The molecule has 1 aliphatic rings. The van der Waals surface area contributed by atoms with Gasteiger partial charge in [0.05, 0.1) is 78.1 Å². The SMILES string of the molecule is [2H]c1c([2H])c([2H])c2c(c1[2H])-c1c([2H])c(-c3c4c([2H])c([2H])c([2H])c([2H])c4c(-c4c([2H])c([2H])c(-c5c([2H])c([2H])c6oc7c8c([2H])c([2H])c([2H])c([2H])c8c([2H])c([2H])c7c6c5[2H])c([2H])c4[2H])c4c([2H])c([2H])c([2H])c([2H])c34)c([2H])c([2H])c1C2(C)C.[2H]c1cc(-c2c([2H])c([2H])c([2H])c([2H])c2[2H])c([2H])c(-c2c3c([2H])c([2H])c([2H])c([2H])c3c(-c3c([2H])c([2H])c(-c4c([2H])c([2H])c5oc6c7c([2H])c([2H])c([2H])c([2H])c7c([2H])c([2H])c6c5c4[2H])c([2H])c3[2H])c3c([2H])c([2H])c([2H])c([2H])c23)c1[2H]. The molecule has 2 heteroatoms. The molecule has 0 fully saturated rings. The average molecular weight is 1340 g/mol. The molecule has 472 valence electrons. The molecular weight excluding hydrogens is 1220 g/mol. The zero-order valence-electron chi connectivity index (χ0n) is 108. The molecule has 0 radical (unpaired) electrons. The van der Waals surface area contributed by atoms with Gasteiger partial charge in [-0.1, -0.05) is 316 Å². The first kappa shape index (κ1) is 24.8. The van der Waals surface area contributed by atoms with Crippen LogP contribution < -0.4 is 0 Å². The van der Waals surface area contributed by atoms with Crippen LogP contribution in [0.2, 0.25) is 0 Å². The van der Waals surface area contributed by atoms with Gasteiger partial charge in [0, 0.05) is 37.7 Å². The second-order valence-corrected chi connectivity index (χ2v) is 23.2. The highest BCUT2D eigenvalue weighted by Gasteiger charge is 2.35. The highest BCUT2D eigenvalue weighted by Crippen LogP contribution is 2.52. The molecule has 0 saturated carbocycles. The predicted octanol–water partition coefficient (Wildman–Crippen LogP) is 28.1. The van der Waals surface area contributed by atoms with Crippen LogP contribution in [0, 0.1) is 0 Å². The van der Waals surface area contributed by atoms with E-state index >= 15 is 0 Å². The number of hydrogen-bond acceptors (Lipinski definition) is 2. The largest absolute Gasteiger partial charge is 0.455 e. The molecule has 0 amide bonds. The van der Waals surface area contributed by atoms with Gasteiger partial charge in [0.2, 0.25) is 0 Å². The maximum absolute atomic E-state index is 9.92. The van der Waals surface area contributed by atoms with Crippen molar-refractivity contribution in [2.24, 2.45) is 0 Å². The Morgan fingerprint density at radius 3 is 1.04 bits per heavy atom. The van der Waals surface area contributed by atoms with Gasteiger partial charge < -0.3 is 8.83 Å². The highest BCUT2D eigenvalue weighted by atomic mass is 16.3. The van der Waals surface area contributed by atoms with Crippen LogP contribution in [0.4, 0.5) is 0 Å². The summed E-state index contributed by atoms with van der Waals surface area (Å²) in [6.45, 7) is 3.06. The summed E-state index contributed by atoms with van der Waals surface area (Å²) in [6.07, 6.45) is 0. The van der Waals surface area contributed by atoms with Crippen LogP contribution in [-0.2, 0) is 5.41 Å². The lowest BCUT2D eigenvalue weighted by atomic mass is 9.81. The third-order valence-corrected chi connectivity index (χ3v) is 17.3. The van der Waals surface area contributed by atoms with Gasteiger partial charge >= 0.3 is 0 Å². The van der Waals surface area contributed by atoms with Crippen molar-refractivity contribution < 1.29 is 87.0 Å². The Kier molecular flexibility index (Phi) is 5.69. The van der Waals surface area contributed by atoms with Crippen molar-refractivity contribution in [3.63, 3.8) is 0 Å². The smallest absolute Gasteiger partial charge is 0.143 e. The van der Waals surface area contributed by atoms with E-state index in [9.17, 15) is 32.9 Å². The van der Waals surface area contributed by atoms with Gasteiger partial charge in [-0.2, -0.15) is 0 Å². The Morgan fingerprint density at radius 1 is 0.218 bits per heavy atom. The minimum absolute atomic E-state index is 0.0278. The van der Waals surface area contributed by atoms with Crippen LogP contribution >= 0.6 is 0 Å². The molecule has 21 rings (SSSR count). The minimum Gasteiger partial charge on any atom is -0.455 e. The summed E-state index contributed by atoms with van der Waals surface area (Å²) in [6, 6.07) is -49.0. The number of furan rings is 2. The minimum atomic E-state index is -1.46. The lowest BCUT2D eigenvalue weighted by Gasteiger charge is -2.22. The summed E-state index contributed by atoms with van der Waals surface area (Å²) < 4.78 is 527. The Labute approximate surface area is 665 Å². The number of rotatable bonds is 7. The molecule has 2 heterocycles. The zero-order chi connectivity index (χ0) is 116. The second kappa shape index (κ2) is 23.1. The van der Waals surface area contributed by atoms with Crippen molar-refractivity contribution in [3.8, 4) is 89.0 Å². The van der Waals surface area contributed by atoms with Crippen molar-refractivity contribution in [3.05, 3.63) is 362 Å². The predicted molar refractivity (Wildman–Crippen MR) is 428 cm³/mol. The number of fused-ring (bicyclic) bond motifs is 17. The Morgan fingerprint density at radius 2 is 0.564 bits per heavy atom. The summed E-state index contributed by atoms with van der Waals surface area (Å²) in [7, 11) is 0. The monoisotopic (exact) mass is 1340 g/mol. The lowest BCUT2D eigenvalue weighted by molar-refractivity contribution is 0.660. The molecule has 0 bridgehead atoms. The van der Waals surface area contributed by atoms with Crippen molar-refractivity contribution in [1.29, 1.82) is 0 Å². The van der Waals surface area contributed by atoms with E-state index in [-0.39, 0.29) is 27.6 Å². The first-order valence-electron chi connectivity index (χ1n) is 58.9. The lowest BCUT2D eigenvalue weighted by Crippen LogP contribution is -2.14. The molecule has 18 aromatic carbocycles. The maximum Gasteiger partial charge on any atom is 0.143 e. The van der Waals surface area contributed by atoms with E-state index in [4.69, 9.17) is 54.1 Å². The van der Waals surface area contributed by atoms with Gasteiger partial charge in [-0.05, 0) is 202 Å². The van der Waals surface area contributed by atoms with Gasteiger partial charge in [-0.3, -0.25) is 0 Å². The molecule has 0 aliphatic heterocycles. The molecule has 0 saturated heterocycles. The second-order valence-electron chi connectivity index (χ2n) is 23.2. The molecule has 2 aromatic heterocycles. The molecule has 0 atom stereocenters. The van der Waals surface area contributed by atoms with Crippen LogP contribution in [0.1, 0.15) is 103 Å². The summed E-state index contributed by atoms with van der Waals surface area (Å²) in [4.78, 5) is 0. The first-order chi connectivity index (χ1) is 73.6. The van der Waals surface area contributed by atoms with E-state index in [1.54, 1.807) is 0 Å². The fraction of sp³-hybridized carbons (Fsp3) is 0.0303. The van der Waals surface area contributed by atoms with Crippen LogP contribution in [0.5, 0.6) is 0 Å². The zero-order valence-corrected chi connectivity index (χ0v) is 51.4. The fourth-order valence-corrected chi connectivity index (χ4v) is 12.8. The average Bonchev–Trinajstić information content (AvgIpc) is 0.916. The summed E-state index contributed by atoms with van der Waals surface area (Å²) in [5.41, 5.74) is -14.6. The molecule has 2 nitrogen and oxygen atoms in total. The van der Waals surface area contributed by atoms with E-state index in [1.807, 2.05) is 0 Å². The third-order valence-electron chi connectivity index (χ3n) is 17.3. The molecule has 0 unspecified atom stereocenters. The topological polar surface area (TPSA) is 26.3 Å². The summed E-state index contributed by atoms with van der Waals surface area (Å²) >= 11 is 0. The normalized spacial score (nSPS) is 20.4. The van der Waals surface area contributed by atoms with Crippen LogP contribution in [0.15, 0.2) is 359 Å². The van der Waals surface area contributed by atoms with Crippen molar-refractivity contribution in [2.45, 2.75) is 19.3 Å². The van der Waals surface area contributed by atoms with Gasteiger partial charge in [0.25, 0.3) is 0 Å². The van der Waals surface area contributed by atoms with E-state index in [2.05, 4.69) is 0 Å². The van der Waals surface area contributed by atoms with Gasteiger partial charge in [0.1, 0.15) is 22.3 Å². The molecule has 0 N–H and O–H groups in total. The Bertz CT molecular complexity index is 10200. The van der Waals surface area contributed by atoms with Gasteiger partial charge in [0.15, 0.2) is 0 Å². The molecular formula is C99H64O2. The molecule has 0 spiro atoms. The van der Waals surface area contributed by atoms with Crippen molar-refractivity contribution in [1.82, 2.24) is 0 Å². The number of benzene rings is 18. The Hall–Kier alpha value is -12.9. The maximum atomic E-state index is 9.92. The van der Waals surface area contributed by atoms with Gasteiger partial charge in [-0.25, -0.2) is 0 Å². The van der Waals surface area contributed by atoms with E-state index in [0.717, 1.165) is 6.07 Å². The van der Waals surface area contributed by atoms with E-state index in [1.165, 1.54) is 13.8 Å². The standard InChI is InChI=1S/C51H34O.C48H30O/c1-51(2)45-18-10-9-13-37(45)43-30-35(24-27-46(43)51)49-40-16-7-5-14-38(40)48(39-15-6-8-17-41(39)49)33-21-19-31(20-22-33)34-25-28-47-44(29-34)42-26-23-32-11-3-4-12-36(32)50(42)52-47;1-2-11-31(12-3-1)35-14-10-15-37(29-35)47-41-19-8-6-17-39(41)46(40-18-7-9-20-42(40)47)34-23-21-32(22-24-34)36-26-28-45-44(30-36)43-27-25-33-13-4-5-16-38(33)48(43)49-45/h3-30H,1-2H3;1-30H/i3D,4D,5D,6D,7D,8D,9D,10D,11D,12D,13D,14D,15D,16D,17D,18D,19D,20D,21D,22D,23D,24D,25D,26D,27D,28D,29D,30D;1D,2D,3D,4D,5D,6D,7D,8D,9D,10D,11D,12D,13D,15D,16D,17D,18D,19D,20D,21D,22D,23D,24D,25D,26D,27D,28D,29D,30D. The Balaban J connectivity index is 0.000000189. The van der Waals surface area contributed by atoms with Gasteiger partial charge in [-0.15, -0.1) is 0 Å². The van der Waals surface area contributed by atoms with E-state index in [0.29, 0.717) is 0 Å². The van der Waals surface area contributed by atoms with Crippen LogP contribution in [-0.4, -0.2) is 0 Å². The quantitative estimate of drug-likeness (QED) is 0.149. The third kappa shape index (κ3) is 9.40. The number of hydrogen-bond donors (Lipinski definition) is 0. The molecule has 1 aliphatic carbocycles. The van der Waals surface area contributed by atoms with Crippen molar-refractivity contribution in [2.75, 3.05) is 0 Å². The van der Waals surface area contributed by atoms with E-state index < -0.39 is 531 Å². The van der Waals surface area contributed by atoms with Crippen molar-refractivity contribution >= 4 is 109 Å². The fourth-order valence-electron chi connectivity index (χ4n) is 12.8. The summed E-state index contributed by atoms with van der Waals surface area (Å²) in [5.74, 6) is 0.